The van der Waals surface area contributed by atoms with Crippen molar-refractivity contribution in [3.8, 4) is 0 Å². The van der Waals surface area contributed by atoms with Gasteiger partial charge in [-0.15, -0.1) is 0 Å². The van der Waals surface area contributed by atoms with E-state index in [4.69, 9.17) is 0 Å². The molecule has 1 aromatic rings. The zero-order chi connectivity index (χ0) is 16.3. The van der Waals surface area contributed by atoms with Gasteiger partial charge in [0.2, 0.25) is 5.91 Å². The fourth-order valence-corrected chi connectivity index (χ4v) is 2.27. The van der Waals surface area contributed by atoms with Gasteiger partial charge in [-0.1, -0.05) is 19.4 Å². The van der Waals surface area contributed by atoms with Crippen molar-refractivity contribution >= 4 is 23.5 Å². The zero-order valence-corrected chi connectivity index (χ0v) is 12.5. The molecule has 1 heterocycles. The van der Waals surface area contributed by atoms with Gasteiger partial charge in [0.25, 0.3) is 5.91 Å². The summed E-state index contributed by atoms with van der Waals surface area (Å²) in [5, 5.41) is 5.05. The number of rotatable bonds is 5. The number of carbonyl (C=O) groups excluding carboxylic acids is 3. The van der Waals surface area contributed by atoms with Gasteiger partial charge in [0.1, 0.15) is 18.4 Å². The second-order valence-electron chi connectivity index (χ2n) is 5.22. The molecule has 0 aliphatic carbocycles. The smallest absolute Gasteiger partial charge is 0.325 e. The highest BCUT2D eigenvalue weighted by atomic mass is 19.1. The first-order valence-electron chi connectivity index (χ1n) is 7.10. The molecule has 0 aromatic heterocycles. The van der Waals surface area contributed by atoms with Crippen molar-refractivity contribution < 1.29 is 18.8 Å². The number of aryl methyl sites for hydroxylation is 1. The summed E-state index contributed by atoms with van der Waals surface area (Å²) in [6.07, 6.45) is 1.28. The van der Waals surface area contributed by atoms with Gasteiger partial charge in [-0.05, 0) is 31.0 Å². The lowest BCUT2D eigenvalue weighted by Gasteiger charge is -2.14. The van der Waals surface area contributed by atoms with Crippen LogP contribution in [-0.2, 0) is 9.59 Å². The lowest BCUT2D eigenvalue weighted by molar-refractivity contribution is -0.130. The molecule has 1 atom stereocenters. The fraction of sp³-hybridized carbons (Fsp3) is 0.400. The van der Waals surface area contributed by atoms with Crippen LogP contribution in [0.5, 0.6) is 0 Å². The number of carbonyl (C=O) groups is 3. The zero-order valence-electron chi connectivity index (χ0n) is 12.5. The molecule has 0 radical (unpaired) electrons. The number of hydrogen-bond donors (Lipinski definition) is 2. The van der Waals surface area contributed by atoms with Crippen LogP contribution in [0.4, 0.5) is 14.9 Å². The molecule has 2 rings (SSSR count). The minimum absolute atomic E-state index is 0.321. The van der Waals surface area contributed by atoms with Gasteiger partial charge in [0, 0.05) is 5.69 Å². The van der Waals surface area contributed by atoms with E-state index < -0.39 is 29.7 Å². The highest BCUT2D eigenvalue weighted by molar-refractivity contribution is 6.07. The Morgan fingerprint density at radius 2 is 2.14 bits per heavy atom. The molecule has 1 fully saturated rings. The van der Waals surface area contributed by atoms with Crippen LogP contribution >= 0.6 is 0 Å². The average Bonchev–Trinajstić information content (AvgIpc) is 2.71. The molecule has 0 bridgehead atoms. The highest BCUT2D eigenvalue weighted by Gasteiger charge is 2.38. The number of hydrogen-bond acceptors (Lipinski definition) is 3. The summed E-state index contributed by atoms with van der Waals surface area (Å²) in [6, 6.07) is 2.88. The molecule has 1 aromatic carbocycles. The first-order valence-corrected chi connectivity index (χ1v) is 7.10. The third-order valence-electron chi connectivity index (χ3n) is 3.46. The molecule has 1 aliphatic heterocycles. The first kappa shape index (κ1) is 15.9. The van der Waals surface area contributed by atoms with Gasteiger partial charge < -0.3 is 10.6 Å². The van der Waals surface area contributed by atoms with E-state index in [2.05, 4.69) is 10.6 Å². The van der Waals surface area contributed by atoms with Crippen molar-refractivity contribution in [2.24, 2.45) is 0 Å². The average molecular weight is 307 g/mol. The van der Waals surface area contributed by atoms with E-state index in [1.807, 2.05) is 6.92 Å². The second-order valence-corrected chi connectivity index (χ2v) is 5.22. The van der Waals surface area contributed by atoms with Crippen LogP contribution in [0.15, 0.2) is 18.2 Å². The molecular weight excluding hydrogens is 289 g/mol. The lowest BCUT2D eigenvalue weighted by atomic mass is 10.1. The Bertz CT molecular complexity index is 618. The van der Waals surface area contributed by atoms with Crippen LogP contribution in [0.1, 0.15) is 25.3 Å². The van der Waals surface area contributed by atoms with Crippen LogP contribution < -0.4 is 10.6 Å². The summed E-state index contributed by atoms with van der Waals surface area (Å²) in [4.78, 5) is 36.6. The van der Waals surface area contributed by atoms with Crippen molar-refractivity contribution in [2.45, 2.75) is 32.7 Å². The van der Waals surface area contributed by atoms with E-state index in [1.165, 1.54) is 18.2 Å². The SMILES string of the molecule is CCCC1NC(=O)N(CC(=O)Nc2cc(F)ccc2C)C1=O. The standard InChI is InChI=1S/C15H18FN3O3/c1-3-4-11-14(21)19(15(22)18-11)8-13(20)17-12-7-10(16)6-5-9(12)2/h5-7,11H,3-4,8H2,1-2H3,(H,17,20)(H,18,22). The fourth-order valence-electron chi connectivity index (χ4n) is 2.27. The Labute approximate surface area is 127 Å². The van der Waals surface area contributed by atoms with Crippen LogP contribution in [0, 0.1) is 12.7 Å². The predicted molar refractivity (Wildman–Crippen MR) is 78.7 cm³/mol. The number of urea groups is 1. The largest absolute Gasteiger partial charge is 0.326 e. The maximum atomic E-state index is 13.2. The molecule has 1 saturated heterocycles. The quantitative estimate of drug-likeness (QED) is 0.814. The molecule has 0 spiro atoms. The molecule has 1 unspecified atom stereocenters. The van der Waals surface area contributed by atoms with Crippen molar-refractivity contribution in [1.29, 1.82) is 0 Å². The summed E-state index contributed by atoms with van der Waals surface area (Å²) in [7, 11) is 0. The maximum absolute atomic E-state index is 13.2. The van der Waals surface area contributed by atoms with Crippen LogP contribution in [-0.4, -0.2) is 35.3 Å². The van der Waals surface area contributed by atoms with E-state index in [-0.39, 0.29) is 6.54 Å². The first-order chi connectivity index (χ1) is 10.4. The second kappa shape index (κ2) is 6.55. The van der Waals surface area contributed by atoms with Gasteiger partial charge >= 0.3 is 6.03 Å². The number of halogens is 1. The molecular formula is C15H18FN3O3. The number of nitrogens with one attached hydrogen (secondary N) is 2. The minimum atomic E-state index is -0.574. The molecule has 7 heteroatoms. The third kappa shape index (κ3) is 3.41. The van der Waals surface area contributed by atoms with E-state index >= 15 is 0 Å². The van der Waals surface area contributed by atoms with Crippen molar-refractivity contribution in [2.75, 3.05) is 11.9 Å². The normalized spacial score (nSPS) is 17.6. The van der Waals surface area contributed by atoms with Crippen LogP contribution in [0.2, 0.25) is 0 Å². The summed E-state index contributed by atoms with van der Waals surface area (Å²) < 4.78 is 13.2. The summed E-state index contributed by atoms with van der Waals surface area (Å²) >= 11 is 0. The number of anilines is 1. The van der Waals surface area contributed by atoms with Gasteiger partial charge in [-0.3, -0.25) is 14.5 Å². The monoisotopic (exact) mass is 307 g/mol. The Morgan fingerprint density at radius 3 is 2.82 bits per heavy atom. The number of imide groups is 1. The third-order valence-corrected chi connectivity index (χ3v) is 3.46. The van der Waals surface area contributed by atoms with Crippen molar-refractivity contribution in [3.05, 3.63) is 29.6 Å². The van der Waals surface area contributed by atoms with Gasteiger partial charge in [-0.25, -0.2) is 9.18 Å². The Balaban J connectivity index is 2.01. The van der Waals surface area contributed by atoms with Gasteiger partial charge in [0.05, 0.1) is 0 Å². The van der Waals surface area contributed by atoms with Crippen LogP contribution in [0.25, 0.3) is 0 Å². The molecule has 118 valence electrons. The minimum Gasteiger partial charge on any atom is -0.326 e. The molecule has 22 heavy (non-hydrogen) atoms. The predicted octanol–water partition coefficient (Wildman–Crippen LogP) is 1.79. The summed E-state index contributed by atoms with van der Waals surface area (Å²) in [6.45, 7) is 3.24. The van der Waals surface area contributed by atoms with Crippen molar-refractivity contribution in [1.82, 2.24) is 10.2 Å². The Hall–Kier alpha value is -2.44. The molecule has 0 saturated carbocycles. The molecule has 4 amide bonds. The van der Waals surface area contributed by atoms with E-state index in [9.17, 15) is 18.8 Å². The maximum Gasteiger partial charge on any atom is 0.325 e. The van der Waals surface area contributed by atoms with Gasteiger partial charge in [-0.2, -0.15) is 0 Å². The molecule has 1 aliphatic rings. The highest BCUT2D eigenvalue weighted by Crippen LogP contribution is 2.16. The Morgan fingerprint density at radius 1 is 1.41 bits per heavy atom. The number of benzene rings is 1. The van der Waals surface area contributed by atoms with E-state index in [1.54, 1.807) is 6.92 Å². The van der Waals surface area contributed by atoms with Crippen LogP contribution in [0.3, 0.4) is 0 Å². The number of nitrogens with zero attached hydrogens (tertiary/aromatic N) is 1. The summed E-state index contributed by atoms with van der Waals surface area (Å²) in [5.74, 6) is -1.42. The van der Waals surface area contributed by atoms with Gasteiger partial charge in [0.15, 0.2) is 0 Å². The summed E-state index contributed by atoms with van der Waals surface area (Å²) in [5.41, 5.74) is 1.01. The van der Waals surface area contributed by atoms with E-state index in [0.29, 0.717) is 17.7 Å². The van der Waals surface area contributed by atoms with Crippen molar-refractivity contribution in [3.63, 3.8) is 0 Å². The molecule has 2 N–H and O–H groups in total. The Kier molecular flexibility index (Phi) is 4.75. The topological polar surface area (TPSA) is 78.5 Å². The van der Waals surface area contributed by atoms with E-state index in [0.717, 1.165) is 11.3 Å². The number of amides is 4. The lowest BCUT2D eigenvalue weighted by Crippen LogP contribution is -2.38. The molecule has 6 nitrogen and oxygen atoms in total.